The van der Waals surface area contributed by atoms with E-state index in [1.165, 1.54) is 28.2 Å². The van der Waals surface area contributed by atoms with Gasteiger partial charge in [0.25, 0.3) is 0 Å². The van der Waals surface area contributed by atoms with Gasteiger partial charge in [-0.3, -0.25) is 0 Å². The monoisotopic (exact) mass is 269 g/mol. The fourth-order valence-corrected chi connectivity index (χ4v) is 2.86. The van der Waals surface area contributed by atoms with E-state index < -0.39 is 0 Å². The van der Waals surface area contributed by atoms with E-state index in [0.29, 0.717) is 13.2 Å². The van der Waals surface area contributed by atoms with Gasteiger partial charge < -0.3 is 14.8 Å². The molecule has 0 bridgehead atoms. The summed E-state index contributed by atoms with van der Waals surface area (Å²) in [6.45, 7) is 6.56. The molecule has 1 aromatic heterocycles. The molecule has 1 aliphatic rings. The summed E-state index contributed by atoms with van der Waals surface area (Å²) < 4.78 is 10.8. The Hall–Kier alpha value is -0.420. The van der Waals surface area contributed by atoms with Gasteiger partial charge in [-0.05, 0) is 38.3 Å². The first kappa shape index (κ1) is 14.0. The highest BCUT2D eigenvalue weighted by molar-refractivity contribution is 7.12. The Morgan fingerprint density at radius 1 is 1.50 bits per heavy atom. The molecular weight excluding hydrogens is 246 g/mol. The summed E-state index contributed by atoms with van der Waals surface area (Å²) in [6, 6.07) is 3.04. The SMILES string of the molecule is COCC(C)OCc1cc(CNC2CC2)sc1C. The van der Waals surface area contributed by atoms with Crippen molar-refractivity contribution in [1.29, 1.82) is 0 Å². The van der Waals surface area contributed by atoms with Crippen LogP contribution < -0.4 is 5.32 Å². The Morgan fingerprint density at radius 3 is 2.94 bits per heavy atom. The van der Waals surface area contributed by atoms with E-state index in [1.807, 2.05) is 18.3 Å². The maximum absolute atomic E-state index is 5.76. The summed E-state index contributed by atoms with van der Waals surface area (Å²) in [5.74, 6) is 0. The van der Waals surface area contributed by atoms with Crippen molar-refractivity contribution < 1.29 is 9.47 Å². The predicted octanol–water partition coefficient (Wildman–Crippen LogP) is 2.86. The molecule has 102 valence electrons. The van der Waals surface area contributed by atoms with Gasteiger partial charge in [0.1, 0.15) is 0 Å². The van der Waals surface area contributed by atoms with Crippen molar-refractivity contribution >= 4 is 11.3 Å². The minimum atomic E-state index is 0.155. The third-order valence-electron chi connectivity index (χ3n) is 3.14. The number of ether oxygens (including phenoxy) is 2. The van der Waals surface area contributed by atoms with Crippen LogP contribution in [-0.2, 0) is 22.6 Å². The molecular formula is C14H23NO2S. The zero-order valence-electron chi connectivity index (χ0n) is 11.5. The molecule has 18 heavy (non-hydrogen) atoms. The first-order chi connectivity index (χ1) is 8.69. The standard InChI is InChI=1S/C14H23NO2S/c1-10(8-16-3)17-9-12-6-14(18-11(12)2)7-15-13-4-5-13/h6,10,13,15H,4-5,7-9H2,1-3H3. The largest absolute Gasteiger partial charge is 0.382 e. The number of thiophene rings is 1. The van der Waals surface area contributed by atoms with Crippen LogP contribution >= 0.6 is 11.3 Å². The fraction of sp³-hybridized carbons (Fsp3) is 0.714. The topological polar surface area (TPSA) is 30.5 Å². The summed E-state index contributed by atoms with van der Waals surface area (Å²) >= 11 is 1.88. The molecule has 0 amide bonds. The van der Waals surface area contributed by atoms with Gasteiger partial charge >= 0.3 is 0 Å². The van der Waals surface area contributed by atoms with E-state index in [1.54, 1.807) is 7.11 Å². The smallest absolute Gasteiger partial charge is 0.0784 e. The highest BCUT2D eigenvalue weighted by Crippen LogP contribution is 2.25. The fourth-order valence-electron chi connectivity index (χ4n) is 1.87. The van der Waals surface area contributed by atoms with Crippen molar-refractivity contribution in [2.24, 2.45) is 0 Å². The van der Waals surface area contributed by atoms with Gasteiger partial charge in [-0.2, -0.15) is 0 Å². The molecule has 0 radical (unpaired) electrons. The van der Waals surface area contributed by atoms with Crippen molar-refractivity contribution in [1.82, 2.24) is 5.32 Å². The van der Waals surface area contributed by atoms with E-state index in [0.717, 1.165) is 12.6 Å². The van der Waals surface area contributed by atoms with Gasteiger partial charge in [-0.15, -0.1) is 11.3 Å². The van der Waals surface area contributed by atoms with E-state index in [9.17, 15) is 0 Å². The summed E-state index contributed by atoms with van der Waals surface area (Å²) in [6.07, 6.45) is 2.84. The van der Waals surface area contributed by atoms with Crippen LogP contribution in [0.3, 0.4) is 0 Å². The van der Waals surface area contributed by atoms with Gasteiger partial charge in [-0.1, -0.05) is 0 Å². The molecule has 1 aromatic rings. The van der Waals surface area contributed by atoms with Gasteiger partial charge in [0, 0.05) is 29.5 Å². The second-order valence-corrected chi connectivity index (χ2v) is 6.37. The summed E-state index contributed by atoms with van der Waals surface area (Å²) in [5, 5.41) is 3.55. The molecule has 3 nitrogen and oxygen atoms in total. The Balaban J connectivity index is 1.79. The van der Waals surface area contributed by atoms with Crippen LogP contribution in [0.4, 0.5) is 0 Å². The van der Waals surface area contributed by atoms with Crippen molar-refractivity contribution in [3.63, 3.8) is 0 Å². The Morgan fingerprint density at radius 2 is 2.28 bits per heavy atom. The van der Waals surface area contributed by atoms with Crippen molar-refractivity contribution in [2.45, 2.75) is 52.0 Å². The van der Waals surface area contributed by atoms with E-state index in [-0.39, 0.29) is 6.10 Å². The number of methoxy groups -OCH3 is 1. The molecule has 1 N–H and O–H groups in total. The summed E-state index contributed by atoms with van der Waals surface area (Å²) in [7, 11) is 1.71. The van der Waals surface area contributed by atoms with Gasteiger partial charge in [0.2, 0.25) is 0 Å². The first-order valence-corrected chi connectivity index (χ1v) is 7.42. The minimum absolute atomic E-state index is 0.155. The van der Waals surface area contributed by atoms with Crippen molar-refractivity contribution in [3.8, 4) is 0 Å². The molecule has 1 heterocycles. The third kappa shape index (κ3) is 4.35. The van der Waals surface area contributed by atoms with Gasteiger partial charge in [-0.25, -0.2) is 0 Å². The highest BCUT2D eigenvalue weighted by Gasteiger charge is 2.20. The molecule has 2 rings (SSSR count). The average molecular weight is 269 g/mol. The van der Waals surface area contributed by atoms with Crippen LogP contribution in [0.1, 0.15) is 35.1 Å². The van der Waals surface area contributed by atoms with Crippen LogP contribution in [0.25, 0.3) is 0 Å². The van der Waals surface area contributed by atoms with Crippen LogP contribution in [-0.4, -0.2) is 25.9 Å². The normalized spacial score (nSPS) is 17.1. The molecule has 0 spiro atoms. The summed E-state index contributed by atoms with van der Waals surface area (Å²) in [4.78, 5) is 2.78. The average Bonchev–Trinajstić information content (AvgIpc) is 3.09. The zero-order valence-corrected chi connectivity index (χ0v) is 12.3. The molecule has 4 heteroatoms. The number of hydrogen-bond donors (Lipinski definition) is 1. The Bertz CT molecular complexity index is 374. The quantitative estimate of drug-likeness (QED) is 0.787. The highest BCUT2D eigenvalue weighted by atomic mass is 32.1. The lowest BCUT2D eigenvalue weighted by Gasteiger charge is -2.11. The molecule has 0 aromatic carbocycles. The molecule has 1 unspecified atom stereocenters. The third-order valence-corrected chi connectivity index (χ3v) is 4.23. The van der Waals surface area contributed by atoms with E-state index >= 15 is 0 Å². The number of hydrogen-bond acceptors (Lipinski definition) is 4. The number of rotatable bonds is 8. The minimum Gasteiger partial charge on any atom is -0.382 e. The number of nitrogens with one attached hydrogen (secondary N) is 1. The summed E-state index contributed by atoms with van der Waals surface area (Å²) in [5.41, 5.74) is 1.32. The van der Waals surface area contributed by atoms with E-state index in [2.05, 4.69) is 18.3 Å². The van der Waals surface area contributed by atoms with Crippen LogP contribution in [0.2, 0.25) is 0 Å². The molecule has 1 aliphatic carbocycles. The first-order valence-electron chi connectivity index (χ1n) is 6.61. The molecule has 1 fully saturated rings. The lowest BCUT2D eigenvalue weighted by atomic mass is 10.2. The van der Waals surface area contributed by atoms with Gasteiger partial charge in [0.05, 0.1) is 19.3 Å². The van der Waals surface area contributed by atoms with E-state index in [4.69, 9.17) is 9.47 Å². The Labute approximate surface area is 113 Å². The second kappa shape index (κ2) is 6.66. The van der Waals surface area contributed by atoms with Gasteiger partial charge in [0.15, 0.2) is 0 Å². The maximum atomic E-state index is 5.76. The second-order valence-electron chi connectivity index (χ2n) is 5.03. The van der Waals surface area contributed by atoms with Crippen molar-refractivity contribution in [3.05, 3.63) is 21.4 Å². The maximum Gasteiger partial charge on any atom is 0.0784 e. The lowest BCUT2D eigenvalue weighted by Crippen LogP contribution is -2.15. The predicted molar refractivity (Wildman–Crippen MR) is 75.0 cm³/mol. The number of aryl methyl sites for hydroxylation is 1. The molecule has 1 saturated carbocycles. The van der Waals surface area contributed by atoms with Crippen molar-refractivity contribution in [2.75, 3.05) is 13.7 Å². The Kier molecular flexibility index (Phi) is 5.18. The molecule has 0 aliphatic heterocycles. The molecule has 0 saturated heterocycles. The van der Waals surface area contributed by atoms with Crippen LogP contribution in [0, 0.1) is 6.92 Å². The molecule has 1 atom stereocenters. The lowest BCUT2D eigenvalue weighted by molar-refractivity contribution is -0.000171. The van der Waals surface area contributed by atoms with Crippen LogP contribution in [0.5, 0.6) is 0 Å². The zero-order chi connectivity index (χ0) is 13.0. The van der Waals surface area contributed by atoms with Crippen LogP contribution in [0.15, 0.2) is 6.07 Å².